The summed E-state index contributed by atoms with van der Waals surface area (Å²) in [6.07, 6.45) is -4.98. The lowest BCUT2D eigenvalue weighted by Gasteiger charge is -2.12. The third kappa shape index (κ3) is 5.05. The van der Waals surface area contributed by atoms with E-state index in [0.717, 1.165) is 12.1 Å². The molecule has 2 aromatic carbocycles. The molecule has 0 aliphatic rings. The molecule has 0 aliphatic heterocycles. The molecule has 1 aromatic heterocycles. The number of hydrogen-bond donors (Lipinski definition) is 2. The summed E-state index contributed by atoms with van der Waals surface area (Å²) in [6.45, 7) is 3.59. The summed E-state index contributed by atoms with van der Waals surface area (Å²) in [5.74, 6) is -2.26. The Morgan fingerprint density at radius 1 is 1.03 bits per heavy atom. The van der Waals surface area contributed by atoms with Gasteiger partial charge in [-0.2, -0.15) is 13.2 Å². The van der Waals surface area contributed by atoms with E-state index in [-0.39, 0.29) is 23.3 Å². The molecule has 11 heteroatoms. The molecule has 0 aliphatic carbocycles. The molecule has 162 valence electrons. The van der Waals surface area contributed by atoms with Crippen LogP contribution in [0.5, 0.6) is 0 Å². The zero-order valence-corrected chi connectivity index (χ0v) is 16.4. The van der Waals surface area contributed by atoms with Crippen molar-refractivity contribution >= 4 is 17.5 Å². The summed E-state index contributed by atoms with van der Waals surface area (Å²) in [6, 6.07) is 9.82. The molecule has 0 saturated carbocycles. The van der Waals surface area contributed by atoms with Crippen molar-refractivity contribution in [3.63, 3.8) is 0 Å². The van der Waals surface area contributed by atoms with Gasteiger partial charge < -0.3 is 10.6 Å². The van der Waals surface area contributed by atoms with Gasteiger partial charge in [-0.1, -0.05) is 11.3 Å². The van der Waals surface area contributed by atoms with E-state index in [0.29, 0.717) is 10.2 Å². The summed E-state index contributed by atoms with van der Waals surface area (Å²) in [5.41, 5.74) is -2.18. The largest absolute Gasteiger partial charge is 0.435 e. The zero-order valence-electron chi connectivity index (χ0n) is 16.4. The van der Waals surface area contributed by atoms with Crippen LogP contribution in [0.3, 0.4) is 0 Å². The first kappa shape index (κ1) is 21.9. The van der Waals surface area contributed by atoms with Crippen LogP contribution in [0.2, 0.25) is 0 Å². The van der Waals surface area contributed by atoms with Gasteiger partial charge in [-0.05, 0) is 56.3 Å². The van der Waals surface area contributed by atoms with Crippen LogP contribution in [-0.4, -0.2) is 32.9 Å². The van der Waals surface area contributed by atoms with Gasteiger partial charge in [0.05, 0.1) is 5.69 Å². The molecule has 3 rings (SSSR count). The number of carbonyl (C=O) groups excluding carboxylic acids is 2. The van der Waals surface area contributed by atoms with E-state index in [1.807, 2.05) is 0 Å². The highest BCUT2D eigenvalue weighted by atomic mass is 19.4. The van der Waals surface area contributed by atoms with Crippen LogP contribution in [0.25, 0.3) is 5.69 Å². The van der Waals surface area contributed by atoms with E-state index >= 15 is 0 Å². The molecular formula is C20H17F4N5O2. The summed E-state index contributed by atoms with van der Waals surface area (Å²) in [5, 5.41) is 11.7. The van der Waals surface area contributed by atoms with Crippen molar-refractivity contribution in [2.24, 2.45) is 0 Å². The predicted octanol–water partition coefficient (Wildman–Crippen LogP) is 3.82. The van der Waals surface area contributed by atoms with Crippen molar-refractivity contribution in [3.8, 4) is 5.69 Å². The average Bonchev–Trinajstić information content (AvgIpc) is 3.14. The normalized spacial score (nSPS) is 11.5. The molecule has 2 N–H and O–H groups in total. The zero-order chi connectivity index (χ0) is 22.8. The number of aromatic nitrogens is 3. The first-order chi connectivity index (χ1) is 14.6. The van der Waals surface area contributed by atoms with Crippen LogP contribution >= 0.6 is 0 Å². The Morgan fingerprint density at radius 3 is 2.29 bits per heavy atom. The number of rotatable bonds is 5. The fraction of sp³-hybridized carbons (Fsp3) is 0.200. The molecule has 7 nitrogen and oxygen atoms in total. The highest BCUT2D eigenvalue weighted by Gasteiger charge is 2.42. The van der Waals surface area contributed by atoms with Crippen molar-refractivity contribution in [3.05, 3.63) is 71.3 Å². The Hall–Kier alpha value is -3.76. The van der Waals surface area contributed by atoms with Crippen LogP contribution in [-0.2, 0) is 6.18 Å². The summed E-state index contributed by atoms with van der Waals surface area (Å²) in [7, 11) is 0. The van der Waals surface area contributed by atoms with Crippen molar-refractivity contribution in [1.29, 1.82) is 0 Å². The van der Waals surface area contributed by atoms with Crippen LogP contribution < -0.4 is 10.6 Å². The molecular weight excluding hydrogens is 418 g/mol. The van der Waals surface area contributed by atoms with Gasteiger partial charge in [0.15, 0.2) is 11.4 Å². The van der Waals surface area contributed by atoms with Crippen molar-refractivity contribution in [2.45, 2.75) is 26.1 Å². The summed E-state index contributed by atoms with van der Waals surface area (Å²) < 4.78 is 54.8. The lowest BCUT2D eigenvalue weighted by atomic mass is 10.1. The number of amides is 2. The fourth-order valence-electron chi connectivity index (χ4n) is 2.72. The minimum absolute atomic E-state index is 0.0756. The van der Waals surface area contributed by atoms with E-state index in [4.69, 9.17) is 0 Å². The minimum atomic E-state index is -4.98. The number of hydrogen-bond acceptors (Lipinski definition) is 4. The van der Waals surface area contributed by atoms with Crippen molar-refractivity contribution < 1.29 is 27.2 Å². The number of alkyl halides is 3. The molecule has 0 spiro atoms. The monoisotopic (exact) mass is 435 g/mol. The van der Waals surface area contributed by atoms with Gasteiger partial charge in [0.2, 0.25) is 0 Å². The van der Waals surface area contributed by atoms with Crippen LogP contribution in [0, 0.1) is 5.82 Å². The first-order valence-corrected chi connectivity index (χ1v) is 9.07. The van der Waals surface area contributed by atoms with E-state index in [1.54, 1.807) is 13.8 Å². The highest BCUT2D eigenvalue weighted by Crippen LogP contribution is 2.33. The van der Waals surface area contributed by atoms with Gasteiger partial charge >= 0.3 is 6.18 Å². The third-order valence-electron chi connectivity index (χ3n) is 4.03. The lowest BCUT2D eigenvalue weighted by Crippen LogP contribution is -2.30. The Bertz CT molecular complexity index is 1110. The predicted molar refractivity (Wildman–Crippen MR) is 103 cm³/mol. The van der Waals surface area contributed by atoms with E-state index in [9.17, 15) is 27.2 Å². The van der Waals surface area contributed by atoms with Gasteiger partial charge in [-0.3, -0.25) is 9.59 Å². The van der Waals surface area contributed by atoms with Gasteiger partial charge in [0.1, 0.15) is 5.82 Å². The van der Waals surface area contributed by atoms with Crippen LogP contribution in [0.15, 0.2) is 48.5 Å². The molecule has 0 saturated heterocycles. The van der Waals surface area contributed by atoms with Gasteiger partial charge in [0.25, 0.3) is 11.8 Å². The average molecular weight is 435 g/mol. The topological polar surface area (TPSA) is 88.9 Å². The maximum atomic E-state index is 13.7. The second-order valence-corrected chi connectivity index (χ2v) is 6.84. The van der Waals surface area contributed by atoms with E-state index < -0.39 is 29.3 Å². The quantitative estimate of drug-likeness (QED) is 0.597. The van der Waals surface area contributed by atoms with Crippen molar-refractivity contribution in [2.75, 3.05) is 5.32 Å². The maximum absolute atomic E-state index is 13.7. The number of carbonyl (C=O) groups is 2. The second-order valence-electron chi connectivity index (χ2n) is 6.84. The molecule has 1 heterocycles. The molecule has 0 radical (unpaired) electrons. The number of nitrogens with one attached hydrogen (secondary N) is 2. The van der Waals surface area contributed by atoms with Crippen molar-refractivity contribution in [1.82, 2.24) is 20.3 Å². The van der Waals surface area contributed by atoms with E-state index in [1.165, 1.54) is 36.4 Å². The van der Waals surface area contributed by atoms with Crippen LogP contribution in [0.4, 0.5) is 23.2 Å². The highest BCUT2D eigenvalue weighted by molar-refractivity contribution is 6.04. The van der Waals surface area contributed by atoms with Gasteiger partial charge in [0, 0.05) is 17.3 Å². The molecule has 3 aromatic rings. The first-order valence-electron chi connectivity index (χ1n) is 9.07. The fourth-order valence-corrected chi connectivity index (χ4v) is 2.72. The minimum Gasteiger partial charge on any atom is -0.350 e. The van der Waals surface area contributed by atoms with E-state index in [2.05, 4.69) is 20.9 Å². The number of nitrogens with zero attached hydrogens (tertiary/aromatic N) is 3. The summed E-state index contributed by atoms with van der Waals surface area (Å²) >= 11 is 0. The number of benzene rings is 2. The molecule has 0 bridgehead atoms. The smallest absolute Gasteiger partial charge is 0.350 e. The standard InChI is InChI=1S/C20H17F4N5O2/c1-11(2)25-18(30)12-6-8-14(9-7-12)26-19(31)16-17(20(22,23)24)29(28-27-16)15-5-3-4-13(21)10-15/h3-11H,1-2H3,(H,25,30)(H,26,31). The maximum Gasteiger partial charge on any atom is 0.435 e. The number of halogens is 4. The third-order valence-corrected chi connectivity index (χ3v) is 4.03. The Kier molecular flexibility index (Phi) is 6.04. The van der Waals surface area contributed by atoms with Crippen LogP contribution in [0.1, 0.15) is 40.4 Å². The Morgan fingerprint density at radius 2 is 1.71 bits per heavy atom. The second kappa shape index (κ2) is 8.54. The SMILES string of the molecule is CC(C)NC(=O)c1ccc(NC(=O)c2nnn(-c3cccc(F)c3)c2C(F)(F)F)cc1. The molecule has 2 amide bonds. The summed E-state index contributed by atoms with van der Waals surface area (Å²) in [4.78, 5) is 24.4. The lowest BCUT2D eigenvalue weighted by molar-refractivity contribution is -0.143. The Balaban J connectivity index is 1.88. The molecule has 0 atom stereocenters. The number of anilines is 1. The molecule has 0 fully saturated rings. The Labute approximate surface area is 174 Å². The molecule has 31 heavy (non-hydrogen) atoms. The van der Waals surface area contributed by atoms with Gasteiger partial charge in [-0.15, -0.1) is 5.10 Å². The van der Waals surface area contributed by atoms with Gasteiger partial charge in [-0.25, -0.2) is 9.07 Å². The molecule has 0 unspecified atom stereocenters.